The van der Waals surface area contributed by atoms with Crippen LogP contribution < -0.4 is 0 Å². The van der Waals surface area contributed by atoms with Gasteiger partial charge in [0.25, 0.3) is 0 Å². The second-order valence-electron chi connectivity index (χ2n) is 9.37. The van der Waals surface area contributed by atoms with Crippen LogP contribution in [0.3, 0.4) is 0 Å². The lowest BCUT2D eigenvalue weighted by atomic mass is 9.94. The fourth-order valence-electron chi connectivity index (χ4n) is 2.97. The summed E-state index contributed by atoms with van der Waals surface area (Å²) in [6.07, 6.45) is 16.8. The van der Waals surface area contributed by atoms with Gasteiger partial charge in [-0.2, -0.15) is 0 Å². The average molecular weight is 403 g/mol. The van der Waals surface area contributed by atoms with E-state index in [1.807, 2.05) is 0 Å². The van der Waals surface area contributed by atoms with Gasteiger partial charge in [0.15, 0.2) is 0 Å². The standard InChI is InChI=1S/C24H50O4/c1-7-9-11-13-15-17-21-25-27-23(3,4)19-20-24(5,6)28-26-22-18-16-14-12-10-8-2/h7-22H2,1-6H3. The predicted octanol–water partition coefficient (Wildman–Crippen LogP) is 7.94. The van der Waals surface area contributed by atoms with Gasteiger partial charge >= 0.3 is 0 Å². The highest BCUT2D eigenvalue weighted by Gasteiger charge is 2.27. The highest BCUT2D eigenvalue weighted by molar-refractivity contribution is 4.75. The highest BCUT2D eigenvalue weighted by Crippen LogP contribution is 2.25. The van der Waals surface area contributed by atoms with Gasteiger partial charge in [0.05, 0.1) is 24.4 Å². The molecule has 0 aliphatic rings. The molecule has 170 valence electrons. The third kappa shape index (κ3) is 19.2. The van der Waals surface area contributed by atoms with Gasteiger partial charge in [-0.15, -0.1) is 0 Å². The molecular weight excluding hydrogens is 352 g/mol. The second kappa shape index (κ2) is 17.7. The molecule has 28 heavy (non-hydrogen) atoms. The van der Waals surface area contributed by atoms with Crippen molar-refractivity contribution in [3.05, 3.63) is 0 Å². The molecule has 0 atom stereocenters. The molecule has 0 aromatic heterocycles. The van der Waals surface area contributed by atoms with Crippen LogP contribution in [0.15, 0.2) is 0 Å². The fourth-order valence-corrected chi connectivity index (χ4v) is 2.97. The molecule has 0 spiro atoms. The minimum absolute atomic E-state index is 0.317. The Balaban J connectivity index is 3.69. The van der Waals surface area contributed by atoms with E-state index in [0.29, 0.717) is 13.2 Å². The largest absolute Gasteiger partial charge is 0.236 e. The van der Waals surface area contributed by atoms with Gasteiger partial charge in [-0.1, -0.05) is 78.1 Å². The van der Waals surface area contributed by atoms with E-state index in [4.69, 9.17) is 19.6 Å². The van der Waals surface area contributed by atoms with Gasteiger partial charge in [-0.25, -0.2) is 19.6 Å². The van der Waals surface area contributed by atoms with Crippen LogP contribution in [0.2, 0.25) is 0 Å². The van der Waals surface area contributed by atoms with E-state index in [1.165, 1.54) is 64.2 Å². The van der Waals surface area contributed by atoms with Crippen molar-refractivity contribution in [1.82, 2.24) is 0 Å². The predicted molar refractivity (Wildman–Crippen MR) is 118 cm³/mol. The second-order valence-corrected chi connectivity index (χ2v) is 9.37. The average Bonchev–Trinajstić information content (AvgIpc) is 2.65. The maximum absolute atomic E-state index is 5.65. The maximum Gasteiger partial charge on any atom is 0.0981 e. The van der Waals surface area contributed by atoms with Crippen LogP contribution in [0.5, 0.6) is 0 Å². The molecule has 0 amide bonds. The molecule has 0 aromatic rings. The lowest BCUT2D eigenvalue weighted by molar-refractivity contribution is -0.369. The Hall–Kier alpha value is -0.160. The lowest BCUT2D eigenvalue weighted by Crippen LogP contribution is -2.31. The SMILES string of the molecule is CCCCCCCCOOC(C)(C)CCC(C)(C)OOCCCCCCCC. The Morgan fingerprint density at radius 3 is 1.14 bits per heavy atom. The summed E-state index contributed by atoms with van der Waals surface area (Å²) in [5, 5.41) is 0. The third-order valence-corrected chi connectivity index (χ3v) is 5.06. The number of rotatable bonds is 21. The van der Waals surface area contributed by atoms with Crippen LogP contribution >= 0.6 is 0 Å². The molecule has 0 saturated carbocycles. The van der Waals surface area contributed by atoms with Gasteiger partial charge in [-0.3, -0.25) is 0 Å². The molecule has 0 N–H and O–H groups in total. The van der Waals surface area contributed by atoms with Crippen molar-refractivity contribution in [3.8, 4) is 0 Å². The van der Waals surface area contributed by atoms with E-state index in [0.717, 1.165) is 25.7 Å². The lowest BCUT2D eigenvalue weighted by Gasteiger charge is -2.29. The zero-order valence-electron chi connectivity index (χ0n) is 19.9. The maximum atomic E-state index is 5.65. The molecule has 4 heteroatoms. The summed E-state index contributed by atoms with van der Waals surface area (Å²) in [7, 11) is 0. The summed E-state index contributed by atoms with van der Waals surface area (Å²) in [4.78, 5) is 22.2. The molecule has 0 aliphatic heterocycles. The van der Waals surface area contributed by atoms with Gasteiger partial charge in [0, 0.05) is 0 Å². The first-order valence-corrected chi connectivity index (χ1v) is 11.9. The van der Waals surface area contributed by atoms with Gasteiger partial charge in [-0.05, 0) is 53.4 Å². The molecule has 0 aliphatic carbocycles. The van der Waals surface area contributed by atoms with Crippen molar-refractivity contribution in [2.45, 2.75) is 143 Å². The Bertz CT molecular complexity index is 297. The monoisotopic (exact) mass is 402 g/mol. The number of hydrogen-bond donors (Lipinski definition) is 0. The van der Waals surface area contributed by atoms with Crippen molar-refractivity contribution in [2.24, 2.45) is 0 Å². The molecule has 0 unspecified atom stereocenters. The topological polar surface area (TPSA) is 36.9 Å². The summed E-state index contributed by atoms with van der Waals surface area (Å²) in [6, 6.07) is 0. The summed E-state index contributed by atoms with van der Waals surface area (Å²) in [6.45, 7) is 14.1. The molecule has 0 rings (SSSR count). The minimum Gasteiger partial charge on any atom is -0.236 e. The molecule has 0 aromatic carbocycles. The summed E-state index contributed by atoms with van der Waals surface area (Å²) < 4.78 is 0. The van der Waals surface area contributed by atoms with Crippen molar-refractivity contribution >= 4 is 0 Å². The smallest absolute Gasteiger partial charge is 0.0981 e. The number of hydrogen-bond acceptors (Lipinski definition) is 4. The Labute approximate surface area is 175 Å². The Morgan fingerprint density at radius 2 is 0.786 bits per heavy atom. The van der Waals surface area contributed by atoms with E-state index in [-0.39, 0.29) is 11.2 Å². The molecule has 0 heterocycles. The molecule has 0 fully saturated rings. The van der Waals surface area contributed by atoms with Crippen LogP contribution in [0.4, 0.5) is 0 Å². The molecule has 0 bridgehead atoms. The van der Waals surface area contributed by atoms with Crippen LogP contribution in [0.25, 0.3) is 0 Å². The van der Waals surface area contributed by atoms with E-state index < -0.39 is 0 Å². The van der Waals surface area contributed by atoms with Gasteiger partial charge in [0.2, 0.25) is 0 Å². The first-order valence-electron chi connectivity index (χ1n) is 11.9. The van der Waals surface area contributed by atoms with Crippen LogP contribution in [0, 0.1) is 0 Å². The minimum atomic E-state index is -0.317. The normalized spacial score (nSPS) is 12.6. The Morgan fingerprint density at radius 1 is 0.464 bits per heavy atom. The van der Waals surface area contributed by atoms with Crippen LogP contribution in [-0.2, 0) is 19.6 Å². The summed E-state index contributed by atoms with van der Waals surface area (Å²) in [5.41, 5.74) is -0.635. The molecular formula is C24H50O4. The van der Waals surface area contributed by atoms with E-state index in [2.05, 4.69) is 41.5 Å². The first-order chi connectivity index (χ1) is 13.3. The summed E-state index contributed by atoms with van der Waals surface area (Å²) >= 11 is 0. The van der Waals surface area contributed by atoms with Crippen molar-refractivity contribution in [3.63, 3.8) is 0 Å². The fraction of sp³-hybridized carbons (Fsp3) is 1.00. The van der Waals surface area contributed by atoms with Gasteiger partial charge < -0.3 is 0 Å². The van der Waals surface area contributed by atoms with E-state index in [1.54, 1.807) is 0 Å². The van der Waals surface area contributed by atoms with Crippen LogP contribution in [0.1, 0.15) is 131 Å². The Kier molecular flexibility index (Phi) is 17.6. The van der Waals surface area contributed by atoms with Crippen molar-refractivity contribution in [1.29, 1.82) is 0 Å². The quantitative estimate of drug-likeness (QED) is 0.111. The molecule has 0 radical (unpaired) electrons. The van der Waals surface area contributed by atoms with E-state index in [9.17, 15) is 0 Å². The van der Waals surface area contributed by atoms with Crippen LogP contribution in [-0.4, -0.2) is 24.4 Å². The summed E-state index contributed by atoms with van der Waals surface area (Å²) in [5.74, 6) is 0. The third-order valence-electron chi connectivity index (χ3n) is 5.06. The van der Waals surface area contributed by atoms with Gasteiger partial charge in [0.1, 0.15) is 0 Å². The first kappa shape index (κ1) is 27.8. The van der Waals surface area contributed by atoms with Crippen molar-refractivity contribution < 1.29 is 19.6 Å². The molecule has 0 saturated heterocycles. The van der Waals surface area contributed by atoms with E-state index >= 15 is 0 Å². The zero-order chi connectivity index (χ0) is 21.1. The zero-order valence-corrected chi connectivity index (χ0v) is 19.9. The van der Waals surface area contributed by atoms with Crippen molar-refractivity contribution in [2.75, 3.05) is 13.2 Å². The molecule has 4 nitrogen and oxygen atoms in total. The number of unbranched alkanes of at least 4 members (excludes halogenated alkanes) is 10. The highest BCUT2D eigenvalue weighted by atomic mass is 17.2.